The maximum atomic E-state index is 10.0. The van der Waals surface area contributed by atoms with Crippen LogP contribution < -0.4 is 5.73 Å². The van der Waals surface area contributed by atoms with E-state index in [-0.39, 0.29) is 6.02 Å². The van der Waals surface area contributed by atoms with E-state index in [9.17, 15) is 5.11 Å². The zero-order valence-electron chi connectivity index (χ0n) is 8.89. The number of fused-ring (bicyclic) bond motifs is 2. The van der Waals surface area contributed by atoms with Gasteiger partial charge in [0.1, 0.15) is 0 Å². The van der Waals surface area contributed by atoms with Crippen molar-refractivity contribution in [3.8, 4) is 0 Å². The molecule has 1 heterocycles. The Balaban J connectivity index is 2.12. The third-order valence-corrected chi connectivity index (χ3v) is 3.42. The van der Waals surface area contributed by atoms with Gasteiger partial charge < -0.3 is 15.6 Å². The molecule has 4 heteroatoms. The fourth-order valence-electron chi connectivity index (χ4n) is 2.69. The Hall–Kier alpha value is -1.55. The summed E-state index contributed by atoms with van der Waals surface area (Å²) in [5.74, 6) is 0. The van der Waals surface area contributed by atoms with Crippen LogP contribution >= 0.6 is 0 Å². The number of hydrogen-bond donors (Lipinski definition) is 2. The third-order valence-electron chi connectivity index (χ3n) is 3.42. The van der Waals surface area contributed by atoms with Gasteiger partial charge in [-0.25, -0.2) is 0 Å². The summed E-state index contributed by atoms with van der Waals surface area (Å²) in [4.78, 5) is 3.89. The molecule has 0 amide bonds. The number of benzene rings is 1. The van der Waals surface area contributed by atoms with E-state index in [1.807, 2.05) is 18.2 Å². The van der Waals surface area contributed by atoms with E-state index in [0.717, 1.165) is 24.8 Å². The van der Waals surface area contributed by atoms with E-state index in [1.54, 1.807) is 0 Å². The fraction of sp³-hybridized carbons (Fsp3) is 0.417. The number of aliphatic hydroxyl groups is 1. The number of amidine groups is 1. The Labute approximate surface area is 93.8 Å². The number of aryl methyl sites for hydroxylation is 1. The lowest BCUT2D eigenvalue weighted by Gasteiger charge is -2.36. The van der Waals surface area contributed by atoms with E-state index in [0.29, 0.717) is 0 Å². The summed E-state index contributed by atoms with van der Waals surface area (Å²) in [5.41, 5.74) is 7.06. The van der Waals surface area contributed by atoms with Crippen LogP contribution in [0.15, 0.2) is 29.3 Å². The van der Waals surface area contributed by atoms with Crippen molar-refractivity contribution in [2.45, 2.75) is 31.1 Å². The molecule has 1 aliphatic heterocycles. The lowest BCUT2D eigenvalue weighted by Crippen LogP contribution is -2.41. The van der Waals surface area contributed by atoms with Crippen LogP contribution in [0, 0.1) is 0 Å². The minimum atomic E-state index is -0.881. The highest BCUT2D eigenvalue weighted by molar-refractivity contribution is 5.74. The van der Waals surface area contributed by atoms with E-state index >= 15 is 0 Å². The number of hydrogen-bond acceptors (Lipinski definition) is 4. The summed E-state index contributed by atoms with van der Waals surface area (Å²) in [7, 11) is 0. The van der Waals surface area contributed by atoms with Gasteiger partial charge in [0.2, 0.25) is 0 Å². The molecule has 0 saturated heterocycles. The molecule has 0 radical (unpaired) electrons. The summed E-state index contributed by atoms with van der Waals surface area (Å²) in [5, 5.41) is 10.0. The van der Waals surface area contributed by atoms with Crippen LogP contribution in [0.25, 0.3) is 0 Å². The Morgan fingerprint density at radius 2 is 2.25 bits per heavy atom. The number of ether oxygens (including phenoxy) is 1. The lowest BCUT2D eigenvalue weighted by molar-refractivity contribution is -0.0505. The third kappa shape index (κ3) is 1.16. The minimum absolute atomic E-state index is 0.0872. The van der Waals surface area contributed by atoms with Gasteiger partial charge in [0.05, 0.1) is 0 Å². The highest BCUT2D eigenvalue weighted by atomic mass is 16.5. The van der Waals surface area contributed by atoms with Crippen molar-refractivity contribution in [2.24, 2.45) is 10.7 Å². The molecule has 0 aromatic heterocycles. The normalized spacial score (nSPS) is 32.1. The molecule has 0 saturated carbocycles. The Morgan fingerprint density at radius 3 is 3.00 bits per heavy atom. The number of nitrogens with zero attached hydrogens (tertiary/aromatic N) is 1. The SMILES string of the molecule is NC1=NC(O)C2(CCCc3ccccc32)O1. The first-order valence-electron chi connectivity index (χ1n) is 5.51. The molecule has 2 atom stereocenters. The first-order valence-corrected chi connectivity index (χ1v) is 5.51. The van der Waals surface area contributed by atoms with E-state index in [4.69, 9.17) is 10.5 Å². The molecule has 84 valence electrons. The largest absolute Gasteiger partial charge is 0.449 e. The van der Waals surface area contributed by atoms with Gasteiger partial charge in [-0.1, -0.05) is 24.3 Å². The molecule has 0 bridgehead atoms. The topological polar surface area (TPSA) is 67.8 Å². The summed E-state index contributed by atoms with van der Waals surface area (Å²) in [6, 6.07) is 8.11. The van der Waals surface area contributed by atoms with Gasteiger partial charge in [0.15, 0.2) is 11.8 Å². The molecule has 1 aromatic rings. The molecule has 3 rings (SSSR count). The van der Waals surface area contributed by atoms with Gasteiger partial charge in [-0.05, 0) is 24.8 Å². The minimum Gasteiger partial charge on any atom is -0.449 e. The van der Waals surface area contributed by atoms with Crippen molar-refractivity contribution in [3.05, 3.63) is 35.4 Å². The number of aliphatic imine (C=N–C) groups is 1. The number of aliphatic hydroxyl groups excluding tert-OH is 1. The lowest BCUT2D eigenvalue weighted by atomic mass is 9.78. The van der Waals surface area contributed by atoms with Gasteiger partial charge in [0.25, 0.3) is 6.02 Å². The monoisotopic (exact) mass is 218 g/mol. The highest BCUT2D eigenvalue weighted by Gasteiger charge is 2.49. The van der Waals surface area contributed by atoms with Gasteiger partial charge >= 0.3 is 0 Å². The standard InChI is InChI=1S/C12H14N2O2/c13-11-14-10(15)12(16-11)7-3-5-8-4-1-2-6-9(8)12/h1-2,4,6,10,15H,3,5,7H2,(H2,13,14). The molecule has 16 heavy (non-hydrogen) atoms. The van der Waals surface area contributed by atoms with Crippen molar-refractivity contribution in [1.29, 1.82) is 0 Å². The molecule has 3 N–H and O–H groups in total. The maximum Gasteiger partial charge on any atom is 0.285 e. The number of nitrogens with two attached hydrogens (primary N) is 1. The first-order chi connectivity index (χ1) is 7.72. The van der Waals surface area contributed by atoms with Crippen molar-refractivity contribution in [2.75, 3.05) is 0 Å². The summed E-state index contributed by atoms with van der Waals surface area (Å²) < 4.78 is 5.61. The van der Waals surface area contributed by atoms with Crippen LogP contribution in [0.5, 0.6) is 0 Å². The van der Waals surface area contributed by atoms with Crippen molar-refractivity contribution in [3.63, 3.8) is 0 Å². The smallest absolute Gasteiger partial charge is 0.285 e. The van der Waals surface area contributed by atoms with Crippen LogP contribution in [0.4, 0.5) is 0 Å². The van der Waals surface area contributed by atoms with Crippen LogP contribution in [0.1, 0.15) is 24.0 Å². The molecule has 4 nitrogen and oxygen atoms in total. The Morgan fingerprint density at radius 1 is 1.44 bits per heavy atom. The molecular formula is C12H14N2O2. The molecule has 2 unspecified atom stereocenters. The maximum absolute atomic E-state index is 10.0. The average Bonchev–Trinajstić information content (AvgIpc) is 2.55. The zero-order valence-corrected chi connectivity index (χ0v) is 8.89. The van der Waals surface area contributed by atoms with Gasteiger partial charge in [0, 0.05) is 5.56 Å². The van der Waals surface area contributed by atoms with Crippen molar-refractivity contribution >= 4 is 6.02 Å². The second kappa shape index (κ2) is 3.22. The summed E-state index contributed by atoms with van der Waals surface area (Å²) >= 11 is 0. The van der Waals surface area contributed by atoms with Crippen molar-refractivity contribution in [1.82, 2.24) is 0 Å². The first kappa shape index (κ1) is 9.66. The fourth-order valence-corrected chi connectivity index (χ4v) is 2.69. The quantitative estimate of drug-likeness (QED) is 0.679. The summed E-state index contributed by atoms with van der Waals surface area (Å²) in [6.45, 7) is 0. The van der Waals surface area contributed by atoms with Crippen LogP contribution in [0.2, 0.25) is 0 Å². The zero-order chi connectivity index (χ0) is 11.2. The average molecular weight is 218 g/mol. The van der Waals surface area contributed by atoms with E-state index in [1.165, 1.54) is 5.56 Å². The number of rotatable bonds is 0. The van der Waals surface area contributed by atoms with E-state index < -0.39 is 11.8 Å². The van der Waals surface area contributed by atoms with Gasteiger partial charge in [-0.3, -0.25) is 0 Å². The van der Waals surface area contributed by atoms with Crippen LogP contribution in [-0.2, 0) is 16.8 Å². The second-order valence-corrected chi connectivity index (χ2v) is 4.34. The summed E-state index contributed by atoms with van der Waals surface area (Å²) in [6.07, 6.45) is 1.88. The predicted molar refractivity (Wildman–Crippen MR) is 59.8 cm³/mol. The Bertz CT molecular complexity index is 458. The highest BCUT2D eigenvalue weighted by Crippen LogP contribution is 2.43. The van der Waals surface area contributed by atoms with Crippen LogP contribution in [-0.4, -0.2) is 17.4 Å². The second-order valence-electron chi connectivity index (χ2n) is 4.34. The van der Waals surface area contributed by atoms with Gasteiger partial charge in [-0.2, -0.15) is 4.99 Å². The van der Waals surface area contributed by atoms with Gasteiger partial charge in [-0.15, -0.1) is 0 Å². The van der Waals surface area contributed by atoms with E-state index in [2.05, 4.69) is 11.1 Å². The molecule has 1 spiro atoms. The molecule has 2 aliphatic rings. The Kier molecular flexibility index (Phi) is 1.94. The van der Waals surface area contributed by atoms with Crippen molar-refractivity contribution < 1.29 is 9.84 Å². The molecule has 1 aromatic carbocycles. The molecule has 1 aliphatic carbocycles. The molecule has 0 fully saturated rings. The molecular weight excluding hydrogens is 204 g/mol. The van der Waals surface area contributed by atoms with Crippen LogP contribution in [0.3, 0.4) is 0 Å². The predicted octanol–water partition coefficient (Wildman–Crippen LogP) is 0.881.